The van der Waals surface area contributed by atoms with Crippen molar-refractivity contribution in [3.05, 3.63) is 58.4 Å². The van der Waals surface area contributed by atoms with Crippen LogP contribution in [-0.4, -0.2) is 19.1 Å². The first-order valence-corrected chi connectivity index (χ1v) is 8.87. The fourth-order valence-electron chi connectivity index (χ4n) is 2.34. The number of thiazole rings is 1. The van der Waals surface area contributed by atoms with Crippen LogP contribution in [0, 0.1) is 0 Å². The van der Waals surface area contributed by atoms with Crippen LogP contribution in [0.15, 0.2) is 47.8 Å². The maximum absolute atomic E-state index is 13.0. The Balaban J connectivity index is 1.81. The lowest BCUT2D eigenvalue weighted by atomic mass is 10.1. The van der Waals surface area contributed by atoms with Crippen LogP contribution in [0.1, 0.15) is 5.56 Å². The van der Waals surface area contributed by atoms with Gasteiger partial charge in [-0.05, 0) is 30.3 Å². The summed E-state index contributed by atoms with van der Waals surface area (Å²) < 4.78 is 38.9. The second kappa shape index (κ2) is 7.17. The van der Waals surface area contributed by atoms with E-state index in [1.54, 1.807) is 0 Å². The molecule has 1 heterocycles. The van der Waals surface area contributed by atoms with Crippen molar-refractivity contribution in [3.8, 4) is 11.3 Å². The predicted octanol–water partition coefficient (Wildman–Crippen LogP) is 6.29. The Morgan fingerprint density at radius 3 is 2.38 bits per heavy atom. The largest absolute Gasteiger partial charge is 0.417 e. The van der Waals surface area contributed by atoms with E-state index in [1.165, 1.54) is 23.5 Å². The van der Waals surface area contributed by atoms with E-state index in [4.69, 9.17) is 11.6 Å². The molecule has 0 saturated heterocycles. The summed E-state index contributed by atoms with van der Waals surface area (Å²) >= 11 is 6.96. The Labute approximate surface area is 158 Å². The second-order valence-electron chi connectivity index (χ2n) is 5.80. The van der Waals surface area contributed by atoms with Crippen molar-refractivity contribution >= 4 is 39.4 Å². The van der Waals surface area contributed by atoms with Gasteiger partial charge in [0.1, 0.15) is 0 Å². The normalized spacial score (nSPS) is 11.5. The molecule has 0 aliphatic rings. The third kappa shape index (κ3) is 4.11. The third-order valence-electron chi connectivity index (χ3n) is 3.71. The summed E-state index contributed by atoms with van der Waals surface area (Å²) in [6, 6.07) is 11.6. The molecule has 0 unspecified atom stereocenters. The smallest absolute Gasteiger partial charge is 0.378 e. The average molecular weight is 398 g/mol. The number of halogens is 4. The maximum atomic E-state index is 13.0. The first-order chi connectivity index (χ1) is 12.2. The van der Waals surface area contributed by atoms with Gasteiger partial charge < -0.3 is 10.2 Å². The summed E-state index contributed by atoms with van der Waals surface area (Å²) in [4.78, 5) is 6.44. The molecule has 1 aromatic heterocycles. The molecule has 3 rings (SSSR count). The number of alkyl halides is 3. The van der Waals surface area contributed by atoms with E-state index in [1.807, 2.05) is 48.6 Å². The molecule has 2 aromatic carbocycles. The zero-order chi connectivity index (χ0) is 18.9. The molecule has 0 amide bonds. The van der Waals surface area contributed by atoms with Crippen molar-refractivity contribution in [1.29, 1.82) is 0 Å². The van der Waals surface area contributed by atoms with E-state index in [2.05, 4.69) is 10.3 Å². The highest BCUT2D eigenvalue weighted by Gasteiger charge is 2.33. The molecule has 3 nitrogen and oxygen atoms in total. The van der Waals surface area contributed by atoms with Crippen LogP contribution >= 0.6 is 22.9 Å². The van der Waals surface area contributed by atoms with Crippen LogP contribution in [-0.2, 0) is 6.18 Å². The molecule has 8 heteroatoms. The van der Waals surface area contributed by atoms with E-state index in [0.717, 1.165) is 23.0 Å². The van der Waals surface area contributed by atoms with Crippen LogP contribution in [0.4, 0.5) is 29.7 Å². The van der Waals surface area contributed by atoms with Gasteiger partial charge in [0.2, 0.25) is 0 Å². The fourth-order valence-corrected chi connectivity index (χ4v) is 3.30. The molecule has 0 fully saturated rings. The Morgan fingerprint density at radius 2 is 1.77 bits per heavy atom. The number of anilines is 3. The molecule has 0 spiro atoms. The van der Waals surface area contributed by atoms with Crippen molar-refractivity contribution < 1.29 is 13.2 Å². The monoisotopic (exact) mass is 397 g/mol. The van der Waals surface area contributed by atoms with Crippen molar-refractivity contribution in [2.45, 2.75) is 6.18 Å². The molecule has 26 heavy (non-hydrogen) atoms. The molecule has 0 bridgehead atoms. The molecule has 0 aliphatic heterocycles. The van der Waals surface area contributed by atoms with Gasteiger partial charge >= 0.3 is 6.18 Å². The van der Waals surface area contributed by atoms with Crippen LogP contribution in [0.2, 0.25) is 5.02 Å². The fraction of sp³-hybridized carbons (Fsp3) is 0.167. The van der Waals surface area contributed by atoms with Gasteiger partial charge in [0.15, 0.2) is 5.13 Å². The average Bonchev–Trinajstić information content (AvgIpc) is 3.04. The highest BCUT2D eigenvalue weighted by Crippen LogP contribution is 2.37. The number of rotatable bonds is 4. The lowest BCUT2D eigenvalue weighted by Gasteiger charge is -2.12. The third-order valence-corrected chi connectivity index (χ3v) is 4.79. The van der Waals surface area contributed by atoms with Crippen molar-refractivity contribution in [2.24, 2.45) is 0 Å². The Bertz CT molecular complexity index is 905. The van der Waals surface area contributed by atoms with E-state index in [9.17, 15) is 13.2 Å². The molecular formula is C18H15ClF3N3S. The number of benzene rings is 2. The molecular weight excluding hydrogens is 383 g/mol. The maximum Gasteiger partial charge on any atom is 0.417 e. The summed E-state index contributed by atoms with van der Waals surface area (Å²) in [5.74, 6) is 0. The first kappa shape index (κ1) is 18.5. The Kier molecular flexibility index (Phi) is 5.11. The topological polar surface area (TPSA) is 28.2 Å². The summed E-state index contributed by atoms with van der Waals surface area (Å²) in [5, 5.41) is 4.94. The zero-order valence-corrected chi connectivity index (χ0v) is 15.5. The summed E-state index contributed by atoms with van der Waals surface area (Å²) in [7, 11) is 3.92. The van der Waals surface area contributed by atoms with Gasteiger partial charge in [-0.15, -0.1) is 11.3 Å². The predicted molar refractivity (Wildman–Crippen MR) is 102 cm³/mol. The Morgan fingerprint density at radius 1 is 1.08 bits per heavy atom. The SMILES string of the molecule is CN(C)c1ccc(-c2csc(Nc3ccc(Cl)c(C(F)(F)F)c3)n2)cc1. The van der Waals surface area contributed by atoms with Crippen molar-refractivity contribution in [1.82, 2.24) is 4.98 Å². The molecule has 1 N–H and O–H groups in total. The highest BCUT2D eigenvalue weighted by molar-refractivity contribution is 7.14. The summed E-state index contributed by atoms with van der Waals surface area (Å²) in [5.41, 5.74) is 2.17. The molecule has 0 aliphatic carbocycles. The van der Waals surface area contributed by atoms with Gasteiger partial charge in [-0.2, -0.15) is 13.2 Å². The van der Waals surface area contributed by atoms with Crippen LogP contribution in [0.5, 0.6) is 0 Å². The zero-order valence-electron chi connectivity index (χ0n) is 13.9. The van der Waals surface area contributed by atoms with Gasteiger partial charge in [0.25, 0.3) is 0 Å². The first-order valence-electron chi connectivity index (χ1n) is 7.61. The summed E-state index contributed by atoms with van der Waals surface area (Å²) in [6.07, 6.45) is -4.50. The number of aromatic nitrogens is 1. The van der Waals surface area contributed by atoms with Gasteiger partial charge in [-0.1, -0.05) is 23.7 Å². The minimum Gasteiger partial charge on any atom is -0.378 e. The molecule has 0 saturated carbocycles. The lowest BCUT2D eigenvalue weighted by Crippen LogP contribution is -2.07. The quantitative estimate of drug-likeness (QED) is 0.560. The van der Waals surface area contributed by atoms with Gasteiger partial charge in [0, 0.05) is 36.4 Å². The number of hydrogen-bond acceptors (Lipinski definition) is 4. The lowest BCUT2D eigenvalue weighted by molar-refractivity contribution is -0.137. The van der Waals surface area contributed by atoms with E-state index in [0.29, 0.717) is 5.13 Å². The van der Waals surface area contributed by atoms with Crippen LogP contribution < -0.4 is 10.2 Å². The second-order valence-corrected chi connectivity index (χ2v) is 7.06. The molecule has 0 atom stereocenters. The molecule has 136 valence electrons. The van der Waals surface area contributed by atoms with Gasteiger partial charge in [0.05, 0.1) is 16.3 Å². The highest BCUT2D eigenvalue weighted by atomic mass is 35.5. The molecule has 0 radical (unpaired) electrons. The van der Waals surface area contributed by atoms with Gasteiger partial charge in [-0.25, -0.2) is 4.98 Å². The molecule has 3 aromatic rings. The number of nitrogens with zero attached hydrogens (tertiary/aromatic N) is 2. The van der Waals surface area contributed by atoms with E-state index >= 15 is 0 Å². The van der Waals surface area contributed by atoms with Crippen molar-refractivity contribution in [2.75, 3.05) is 24.3 Å². The Hall–Kier alpha value is -2.25. The number of nitrogens with one attached hydrogen (secondary N) is 1. The number of hydrogen-bond donors (Lipinski definition) is 1. The summed E-state index contributed by atoms with van der Waals surface area (Å²) in [6.45, 7) is 0. The standard InChI is InChI=1S/C18H15ClF3N3S/c1-25(2)13-6-3-11(4-7-13)16-10-26-17(24-16)23-12-5-8-15(19)14(9-12)18(20,21)22/h3-10H,1-2H3,(H,23,24). The van der Waals surface area contributed by atoms with E-state index in [-0.39, 0.29) is 10.7 Å². The van der Waals surface area contributed by atoms with Crippen LogP contribution in [0.25, 0.3) is 11.3 Å². The van der Waals surface area contributed by atoms with Gasteiger partial charge in [-0.3, -0.25) is 0 Å². The van der Waals surface area contributed by atoms with Crippen LogP contribution in [0.3, 0.4) is 0 Å². The minimum absolute atomic E-state index is 0.283. The minimum atomic E-state index is -4.50. The van der Waals surface area contributed by atoms with E-state index < -0.39 is 11.7 Å². The van der Waals surface area contributed by atoms with Crippen molar-refractivity contribution in [3.63, 3.8) is 0 Å².